The van der Waals surface area contributed by atoms with Crippen molar-refractivity contribution in [1.82, 2.24) is 19.9 Å². The normalized spacial score (nSPS) is 18.2. The van der Waals surface area contributed by atoms with Gasteiger partial charge in [0.2, 0.25) is 15.9 Å². The molecule has 2 atom stereocenters. The Morgan fingerprint density at radius 1 is 1.10 bits per heavy atom. The van der Waals surface area contributed by atoms with Gasteiger partial charge in [-0.3, -0.25) is 9.89 Å². The van der Waals surface area contributed by atoms with Gasteiger partial charge in [0.25, 0.3) is 5.91 Å². The average molecular weight is 548 g/mol. The molecule has 0 saturated heterocycles. The molecule has 39 heavy (non-hydrogen) atoms. The summed E-state index contributed by atoms with van der Waals surface area (Å²) < 4.78 is 35.0. The number of pyridine rings is 1. The zero-order chi connectivity index (χ0) is 27.8. The lowest BCUT2D eigenvalue weighted by atomic mass is 9.88. The van der Waals surface area contributed by atoms with Crippen LogP contribution < -0.4 is 14.8 Å². The summed E-state index contributed by atoms with van der Waals surface area (Å²) in [6.07, 6.45) is 0.840. The number of aliphatic hydroxyl groups is 1. The molecule has 0 radical (unpaired) electrons. The number of ether oxygens (including phenoxy) is 1. The number of carbonyl (C=O) groups is 1. The molecule has 0 bridgehead atoms. The van der Waals surface area contributed by atoms with Crippen LogP contribution in [0.5, 0.6) is 5.88 Å². The maximum Gasteiger partial charge on any atom is 0.258 e. The van der Waals surface area contributed by atoms with E-state index in [1.165, 1.54) is 24.4 Å². The average Bonchev–Trinajstić information content (AvgIpc) is 3.40. The summed E-state index contributed by atoms with van der Waals surface area (Å²) in [7, 11) is -4.02. The molecule has 1 aliphatic heterocycles. The highest BCUT2D eigenvalue weighted by Crippen LogP contribution is 2.39. The van der Waals surface area contributed by atoms with Crippen LogP contribution in [0.2, 0.25) is 0 Å². The number of nitrogens with zero attached hydrogens (tertiary/aromatic N) is 2. The van der Waals surface area contributed by atoms with Gasteiger partial charge in [-0.15, -0.1) is 0 Å². The Kier molecular flexibility index (Phi) is 6.98. The number of hydrogen-bond acceptors (Lipinski definition) is 7. The number of rotatable bonds is 7. The molecule has 4 N–H and O–H groups in total. The predicted molar refractivity (Wildman–Crippen MR) is 146 cm³/mol. The molecular weight excluding hydrogens is 518 g/mol. The Bertz CT molecular complexity index is 1600. The van der Waals surface area contributed by atoms with E-state index in [1.54, 1.807) is 32.0 Å². The van der Waals surface area contributed by atoms with E-state index in [2.05, 4.69) is 25.2 Å². The summed E-state index contributed by atoms with van der Waals surface area (Å²) in [5.74, 6) is -0.0729. The van der Waals surface area contributed by atoms with Crippen molar-refractivity contribution >= 4 is 21.7 Å². The number of benzene rings is 2. The van der Waals surface area contributed by atoms with Crippen LogP contribution >= 0.6 is 0 Å². The van der Waals surface area contributed by atoms with E-state index in [-0.39, 0.29) is 21.9 Å². The fourth-order valence-electron chi connectivity index (χ4n) is 4.39. The van der Waals surface area contributed by atoms with Crippen LogP contribution in [0.3, 0.4) is 0 Å². The monoisotopic (exact) mass is 547 g/mol. The molecule has 0 fully saturated rings. The van der Waals surface area contributed by atoms with E-state index in [0.717, 1.165) is 23.2 Å². The Hall–Kier alpha value is -4.06. The SMILES string of the molecule is CCc1ccc(S(=O)(=O)N[C@@H]2c3cc(C(=O)Nc4cc(-c5ccccc5)[nH]n4)cnc3OC(C)(C)[C@H]2O)cc1. The summed E-state index contributed by atoms with van der Waals surface area (Å²) in [5, 5.41) is 20.9. The Morgan fingerprint density at radius 3 is 2.51 bits per heavy atom. The smallest absolute Gasteiger partial charge is 0.258 e. The number of anilines is 1. The van der Waals surface area contributed by atoms with Crippen molar-refractivity contribution in [2.45, 2.75) is 49.8 Å². The van der Waals surface area contributed by atoms with Crippen LogP contribution in [0, 0.1) is 0 Å². The van der Waals surface area contributed by atoms with Gasteiger partial charge in [0.05, 0.1) is 22.2 Å². The lowest BCUT2D eigenvalue weighted by molar-refractivity contribution is -0.0632. The van der Waals surface area contributed by atoms with Gasteiger partial charge in [0.1, 0.15) is 11.7 Å². The van der Waals surface area contributed by atoms with Gasteiger partial charge in [0, 0.05) is 17.8 Å². The van der Waals surface area contributed by atoms with Crippen LogP contribution in [0.4, 0.5) is 5.82 Å². The number of nitrogens with one attached hydrogen (secondary N) is 3. The molecule has 0 spiro atoms. The molecule has 3 heterocycles. The van der Waals surface area contributed by atoms with E-state index in [4.69, 9.17) is 4.74 Å². The van der Waals surface area contributed by atoms with Crippen molar-refractivity contribution in [3.05, 3.63) is 89.6 Å². The zero-order valence-electron chi connectivity index (χ0n) is 21.7. The quantitative estimate of drug-likeness (QED) is 0.275. The van der Waals surface area contributed by atoms with E-state index >= 15 is 0 Å². The van der Waals surface area contributed by atoms with E-state index in [9.17, 15) is 18.3 Å². The third-order valence-electron chi connectivity index (χ3n) is 6.69. The van der Waals surface area contributed by atoms with Gasteiger partial charge in [-0.1, -0.05) is 49.4 Å². The summed E-state index contributed by atoms with van der Waals surface area (Å²) in [6.45, 7) is 5.26. The van der Waals surface area contributed by atoms with E-state index in [0.29, 0.717) is 5.82 Å². The summed E-state index contributed by atoms with van der Waals surface area (Å²) in [4.78, 5) is 17.4. The Balaban J connectivity index is 1.42. The number of aryl methyl sites for hydroxylation is 1. The summed E-state index contributed by atoms with van der Waals surface area (Å²) in [6, 6.07) is 18.1. The molecule has 2 aromatic carbocycles. The molecule has 202 valence electrons. The number of aromatic nitrogens is 3. The largest absolute Gasteiger partial charge is 0.469 e. The Labute approximate surface area is 226 Å². The molecule has 1 amide bonds. The first-order chi connectivity index (χ1) is 18.6. The minimum atomic E-state index is -4.02. The van der Waals surface area contributed by atoms with Crippen molar-refractivity contribution < 1.29 is 23.1 Å². The number of H-pyrrole nitrogens is 1. The molecule has 0 unspecified atom stereocenters. The molecule has 0 aliphatic carbocycles. The molecule has 0 saturated carbocycles. The first-order valence-corrected chi connectivity index (χ1v) is 14.0. The first-order valence-electron chi connectivity index (χ1n) is 12.5. The molecule has 4 aromatic rings. The van der Waals surface area contributed by atoms with Gasteiger partial charge < -0.3 is 15.2 Å². The summed E-state index contributed by atoms with van der Waals surface area (Å²) in [5.41, 5.74) is 1.88. The molecule has 1 aliphatic rings. The number of aliphatic hydroxyl groups excluding tert-OH is 1. The van der Waals surface area contributed by atoms with Crippen LogP contribution in [-0.4, -0.2) is 46.3 Å². The second kappa shape index (κ2) is 10.3. The molecule has 5 rings (SSSR count). The van der Waals surface area contributed by atoms with Crippen molar-refractivity contribution in [2.24, 2.45) is 0 Å². The first kappa shape index (κ1) is 26.5. The van der Waals surface area contributed by atoms with Crippen LogP contribution in [0.25, 0.3) is 11.3 Å². The van der Waals surface area contributed by atoms with Gasteiger partial charge in [0.15, 0.2) is 5.82 Å². The lowest BCUT2D eigenvalue weighted by Crippen LogP contribution is -2.53. The Morgan fingerprint density at radius 2 is 1.82 bits per heavy atom. The molecule has 11 heteroatoms. The van der Waals surface area contributed by atoms with Crippen molar-refractivity contribution in [1.29, 1.82) is 0 Å². The number of amides is 1. The van der Waals surface area contributed by atoms with Crippen molar-refractivity contribution in [2.75, 3.05) is 5.32 Å². The fourth-order valence-corrected chi connectivity index (χ4v) is 5.61. The van der Waals surface area contributed by atoms with Crippen molar-refractivity contribution in [3.8, 4) is 17.1 Å². The van der Waals surface area contributed by atoms with E-state index < -0.39 is 33.7 Å². The molecule has 10 nitrogen and oxygen atoms in total. The number of aromatic amines is 1. The van der Waals surface area contributed by atoms with Crippen molar-refractivity contribution in [3.63, 3.8) is 0 Å². The van der Waals surface area contributed by atoms with Crippen LogP contribution in [0.1, 0.15) is 48.3 Å². The highest BCUT2D eigenvalue weighted by atomic mass is 32.2. The number of hydrogen-bond donors (Lipinski definition) is 4. The minimum absolute atomic E-state index is 0.0624. The van der Waals surface area contributed by atoms with Crippen LogP contribution in [0.15, 0.2) is 77.8 Å². The highest BCUT2D eigenvalue weighted by molar-refractivity contribution is 7.89. The topological polar surface area (TPSA) is 146 Å². The van der Waals surface area contributed by atoms with Crippen LogP contribution in [-0.2, 0) is 16.4 Å². The number of sulfonamides is 1. The second-order valence-electron chi connectivity index (χ2n) is 9.85. The molecular formula is C28H29N5O5S. The van der Waals surface area contributed by atoms with Gasteiger partial charge in [-0.2, -0.15) is 5.10 Å². The maximum atomic E-state index is 13.3. The summed E-state index contributed by atoms with van der Waals surface area (Å²) >= 11 is 0. The third kappa shape index (κ3) is 5.42. The number of fused-ring (bicyclic) bond motifs is 1. The lowest BCUT2D eigenvalue weighted by Gasteiger charge is -2.41. The number of carbonyl (C=O) groups excluding carboxylic acids is 1. The van der Waals surface area contributed by atoms with E-state index in [1.807, 2.05) is 37.3 Å². The van der Waals surface area contributed by atoms with Gasteiger partial charge in [-0.25, -0.2) is 18.1 Å². The third-order valence-corrected chi connectivity index (χ3v) is 8.15. The maximum absolute atomic E-state index is 13.3. The molecule has 2 aromatic heterocycles. The predicted octanol–water partition coefficient (Wildman–Crippen LogP) is 3.84. The zero-order valence-corrected chi connectivity index (χ0v) is 22.5. The highest BCUT2D eigenvalue weighted by Gasteiger charge is 2.45. The standard InChI is InChI=1S/C28H29N5O5S/c1-4-17-10-12-20(13-11-17)39(36,37)33-24-21-14-19(16-29-27(21)38-28(2,3)25(24)34)26(35)30-23-15-22(31-32-23)18-8-6-5-7-9-18/h5-16,24-25,33-34H,4H2,1-3H3,(H2,30,31,32,35)/t24-,25+/m1/s1. The van der Waals surface area contributed by atoms with Gasteiger partial charge >= 0.3 is 0 Å². The minimum Gasteiger partial charge on any atom is -0.469 e. The van der Waals surface area contributed by atoms with Gasteiger partial charge in [-0.05, 0) is 49.6 Å². The fraction of sp³-hybridized carbons (Fsp3) is 0.250. The second-order valence-corrected chi connectivity index (χ2v) is 11.6.